The van der Waals surface area contributed by atoms with Crippen LogP contribution in [0.5, 0.6) is 0 Å². The first-order valence-corrected chi connectivity index (χ1v) is 13.0. The number of para-hydroxylation sites is 2. The number of pyridine rings is 2. The zero-order valence-corrected chi connectivity index (χ0v) is 19.2. The van der Waals surface area contributed by atoms with Crippen LogP contribution in [0, 0.1) is 13.8 Å². The molecule has 9 nitrogen and oxygen atoms in total. The topological polar surface area (TPSA) is 152 Å². The molecule has 164 valence electrons. The SMILES string of the molecule is Cc1ccc2ccccc2[nH+]1.Cc1ccc2ccccc2[nH+]1.[O]=[Cr](=[O])([O-])[O][Cr](=[O])(=[O])[O-]. The van der Waals surface area contributed by atoms with Crippen molar-refractivity contribution < 1.29 is 63.6 Å². The molecule has 11 heteroatoms. The van der Waals surface area contributed by atoms with Gasteiger partial charge in [0.2, 0.25) is 11.0 Å². The number of H-pyrrole nitrogens is 2. The molecule has 0 amide bonds. The molecule has 0 atom stereocenters. The average molecular weight is 504 g/mol. The third-order valence-corrected chi connectivity index (χ3v) is 6.44. The van der Waals surface area contributed by atoms with E-state index in [0.29, 0.717) is 0 Å². The van der Waals surface area contributed by atoms with Crippen LogP contribution in [0.3, 0.4) is 0 Å². The van der Waals surface area contributed by atoms with E-state index < -0.39 is 27.2 Å². The van der Waals surface area contributed by atoms with E-state index in [1.54, 1.807) is 0 Å². The Morgan fingerprint density at radius 3 is 1.29 bits per heavy atom. The first-order valence-electron chi connectivity index (χ1n) is 8.81. The molecule has 0 unspecified atom stereocenters. The zero-order chi connectivity index (χ0) is 23.1. The predicted molar refractivity (Wildman–Crippen MR) is 94.3 cm³/mol. The summed E-state index contributed by atoms with van der Waals surface area (Å²) >= 11 is -12.1. The minimum absolute atomic E-state index is 1.20. The van der Waals surface area contributed by atoms with Crippen molar-refractivity contribution in [3.8, 4) is 0 Å². The molecule has 2 N–H and O–H groups in total. The second kappa shape index (κ2) is 10.6. The fourth-order valence-corrected chi connectivity index (χ4v) is 4.19. The van der Waals surface area contributed by atoms with Gasteiger partial charge in [-0.05, 0) is 24.3 Å². The third-order valence-electron chi connectivity index (χ3n) is 3.78. The molecule has 0 radical (unpaired) electrons. The number of fused-ring (bicyclic) bond motifs is 2. The molecule has 4 rings (SSSR count). The van der Waals surface area contributed by atoms with Crippen LogP contribution in [0.2, 0.25) is 0 Å². The summed E-state index contributed by atoms with van der Waals surface area (Å²) in [5, 5.41) is 2.52. The molecule has 2 aromatic heterocycles. The van der Waals surface area contributed by atoms with Crippen molar-refractivity contribution in [1.82, 2.24) is 0 Å². The molecule has 0 bridgehead atoms. The van der Waals surface area contributed by atoms with Crippen molar-refractivity contribution in [2.75, 3.05) is 0 Å². The van der Waals surface area contributed by atoms with Gasteiger partial charge in [-0.3, -0.25) is 0 Å². The molecule has 0 spiro atoms. The Morgan fingerprint density at radius 1 is 0.613 bits per heavy atom. The number of aromatic amines is 2. The van der Waals surface area contributed by atoms with Gasteiger partial charge < -0.3 is 0 Å². The maximum absolute atomic E-state index is 9.38. The molecule has 4 aromatic rings. The minimum atomic E-state index is -6.07. The molecule has 0 aliphatic carbocycles. The van der Waals surface area contributed by atoms with Gasteiger partial charge in [-0.15, -0.1) is 0 Å². The van der Waals surface area contributed by atoms with Gasteiger partial charge in [-0.2, -0.15) is 0 Å². The third kappa shape index (κ3) is 9.39. The predicted octanol–water partition coefficient (Wildman–Crippen LogP) is 0.998. The second-order valence-electron chi connectivity index (χ2n) is 6.34. The molecule has 0 aliphatic heterocycles. The van der Waals surface area contributed by atoms with Crippen LogP contribution in [0.15, 0.2) is 72.8 Å². The van der Waals surface area contributed by atoms with Gasteiger partial charge in [0.1, 0.15) is 0 Å². The van der Waals surface area contributed by atoms with E-state index in [1.165, 1.54) is 33.2 Å². The van der Waals surface area contributed by atoms with Gasteiger partial charge >= 0.3 is 53.6 Å². The van der Waals surface area contributed by atoms with Crippen LogP contribution in [0.1, 0.15) is 11.4 Å². The summed E-state index contributed by atoms with van der Waals surface area (Å²) in [5.74, 6) is 0. The number of rotatable bonds is 2. The van der Waals surface area contributed by atoms with Crippen LogP contribution < -0.4 is 18.3 Å². The van der Waals surface area contributed by atoms with E-state index in [-0.39, 0.29) is 0 Å². The zero-order valence-electron chi connectivity index (χ0n) is 16.6. The van der Waals surface area contributed by atoms with E-state index >= 15 is 0 Å². The Labute approximate surface area is 183 Å². The number of benzene rings is 2. The Hall–Kier alpha value is -2.60. The molecular formula is C20H20Cr2N2O7. The van der Waals surface area contributed by atoms with E-state index in [2.05, 4.69) is 75.2 Å². The van der Waals surface area contributed by atoms with Gasteiger partial charge in [0.05, 0.1) is 0 Å². The Kier molecular flexibility index (Phi) is 8.46. The van der Waals surface area contributed by atoms with E-state index in [9.17, 15) is 23.5 Å². The van der Waals surface area contributed by atoms with E-state index in [4.69, 9.17) is 0 Å². The second-order valence-corrected chi connectivity index (χ2v) is 9.98. The Bertz CT molecular complexity index is 1280. The molecular weight excluding hydrogens is 484 g/mol. The van der Waals surface area contributed by atoms with E-state index in [0.717, 1.165) is 0 Å². The van der Waals surface area contributed by atoms with Crippen LogP contribution in [0.25, 0.3) is 21.8 Å². The van der Waals surface area contributed by atoms with Crippen molar-refractivity contribution in [2.45, 2.75) is 13.8 Å². The molecule has 2 heterocycles. The first-order chi connectivity index (χ1) is 14.4. The Balaban J connectivity index is 0.000000167. The van der Waals surface area contributed by atoms with Crippen LogP contribution in [-0.2, 0) is 45.3 Å². The van der Waals surface area contributed by atoms with Crippen molar-refractivity contribution >= 4 is 21.8 Å². The van der Waals surface area contributed by atoms with Crippen molar-refractivity contribution in [2.24, 2.45) is 0 Å². The molecule has 0 aliphatic rings. The number of nitrogens with one attached hydrogen (secondary N) is 2. The van der Waals surface area contributed by atoms with E-state index in [1.807, 2.05) is 24.3 Å². The summed E-state index contributed by atoms with van der Waals surface area (Å²) in [7, 11) is 0. The van der Waals surface area contributed by atoms with Gasteiger partial charge in [0.15, 0.2) is 11.4 Å². The summed E-state index contributed by atoms with van der Waals surface area (Å²) in [6.45, 7) is 4.12. The van der Waals surface area contributed by atoms with Crippen LogP contribution in [-0.4, -0.2) is 0 Å². The van der Waals surface area contributed by atoms with Crippen molar-refractivity contribution in [3.05, 3.63) is 84.2 Å². The molecule has 2 aromatic carbocycles. The molecule has 31 heavy (non-hydrogen) atoms. The number of hydrogen-bond acceptors (Lipinski definition) is 7. The van der Waals surface area contributed by atoms with Gasteiger partial charge in [0, 0.05) is 48.9 Å². The number of aromatic nitrogens is 2. The van der Waals surface area contributed by atoms with Gasteiger partial charge in [-0.1, -0.05) is 24.3 Å². The van der Waals surface area contributed by atoms with Gasteiger partial charge in [-0.25, -0.2) is 9.97 Å². The molecule has 0 saturated carbocycles. The fourth-order valence-electron chi connectivity index (χ4n) is 2.55. The van der Waals surface area contributed by atoms with Crippen molar-refractivity contribution in [3.63, 3.8) is 0 Å². The molecule has 0 saturated heterocycles. The summed E-state index contributed by atoms with van der Waals surface area (Å²) in [4.78, 5) is 6.58. The maximum atomic E-state index is 9.38. The Morgan fingerprint density at radius 2 is 0.968 bits per heavy atom. The van der Waals surface area contributed by atoms with Gasteiger partial charge in [0.25, 0.3) is 0 Å². The van der Waals surface area contributed by atoms with Crippen LogP contribution >= 0.6 is 0 Å². The summed E-state index contributed by atoms with van der Waals surface area (Å²) in [6.07, 6.45) is 0. The summed E-state index contributed by atoms with van der Waals surface area (Å²) in [5.41, 5.74) is 4.80. The number of hydrogen-bond donors (Lipinski definition) is 0. The summed E-state index contributed by atoms with van der Waals surface area (Å²) in [6, 6.07) is 25.0. The summed E-state index contributed by atoms with van der Waals surface area (Å²) < 4.78 is 58.9. The van der Waals surface area contributed by atoms with Crippen molar-refractivity contribution in [1.29, 1.82) is 0 Å². The number of aryl methyl sites for hydroxylation is 2. The fraction of sp³-hybridized carbons (Fsp3) is 0.100. The normalized spacial score (nSPS) is 11.2. The molecule has 0 fully saturated rings. The first kappa shape index (κ1) is 24.7. The standard InChI is InChI=1S/2C10H9N.2Cr.7O/c2*1-8-6-7-9-4-2-3-5-10(9)11-8;;;;;;;;;/h2*2-7H,1H3;;;;;;;;;/q;;;;;;;;;2*-1/p+2. The quantitative estimate of drug-likeness (QED) is 0.395. The van der Waals surface area contributed by atoms with Crippen LogP contribution in [0.4, 0.5) is 0 Å². The average Bonchev–Trinajstić information content (AvgIpc) is 2.66. The monoisotopic (exact) mass is 504 g/mol.